The quantitative estimate of drug-likeness (QED) is 0.621. The molecule has 0 spiro atoms. The summed E-state index contributed by atoms with van der Waals surface area (Å²) in [5, 5.41) is 3.39. The molecule has 0 aliphatic carbocycles. The first-order valence-electron chi connectivity index (χ1n) is 8.99. The highest BCUT2D eigenvalue weighted by atomic mass is 35.5. The Morgan fingerprint density at radius 2 is 1.62 bits per heavy atom. The average molecular weight is 429 g/mol. The number of nitrogens with zero attached hydrogens (tertiary/aromatic N) is 1. The summed E-state index contributed by atoms with van der Waals surface area (Å²) < 4.78 is 26.9. The van der Waals surface area contributed by atoms with E-state index in [0.29, 0.717) is 16.3 Å². The van der Waals surface area contributed by atoms with E-state index in [1.54, 1.807) is 24.3 Å². The van der Waals surface area contributed by atoms with E-state index >= 15 is 0 Å². The third kappa shape index (κ3) is 4.78. The summed E-state index contributed by atoms with van der Waals surface area (Å²) in [5.41, 5.74) is 1.75. The van der Waals surface area contributed by atoms with Crippen LogP contribution in [0.3, 0.4) is 0 Å². The summed E-state index contributed by atoms with van der Waals surface area (Å²) in [7, 11) is -2.32. The first kappa shape index (κ1) is 20.9. The van der Waals surface area contributed by atoms with Crippen LogP contribution in [0.15, 0.2) is 83.8 Å². The van der Waals surface area contributed by atoms with E-state index in [4.69, 9.17) is 11.6 Å². The lowest BCUT2D eigenvalue weighted by Crippen LogP contribution is -2.28. The van der Waals surface area contributed by atoms with Gasteiger partial charge in [0.1, 0.15) is 0 Å². The minimum absolute atomic E-state index is 0.122. The summed E-state index contributed by atoms with van der Waals surface area (Å²) in [6.45, 7) is 1.90. The molecule has 0 unspecified atom stereocenters. The number of amides is 1. The fourth-order valence-corrected chi connectivity index (χ4v) is 4.16. The van der Waals surface area contributed by atoms with Crippen molar-refractivity contribution in [3.05, 3.63) is 95.0 Å². The van der Waals surface area contributed by atoms with E-state index in [9.17, 15) is 13.2 Å². The van der Waals surface area contributed by atoms with Gasteiger partial charge in [-0.15, -0.1) is 0 Å². The molecule has 3 aromatic carbocycles. The molecule has 7 heteroatoms. The predicted octanol–water partition coefficient (Wildman–Crippen LogP) is 4.66. The minimum Gasteiger partial charge on any atom is -0.346 e. The second-order valence-corrected chi connectivity index (χ2v) is 8.99. The zero-order valence-electron chi connectivity index (χ0n) is 16.0. The van der Waals surface area contributed by atoms with Crippen molar-refractivity contribution in [1.82, 2.24) is 5.32 Å². The number of hydrogen-bond donors (Lipinski definition) is 1. The van der Waals surface area contributed by atoms with E-state index in [1.807, 2.05) is 37.3 Å². The summed E-state index contributed by atoms with van der Waals surface area (Å²) in [6, 6.07) is 21.9. The average Bonchev–Trinajstić information content (AvgIpc) is 2.74. The molecule has 1 amide bonds. The summed E-state index contributed by atoms with van der Waals surface area (Å²) in [4.78, 5) is 12.8. The van der Waals surface area contributed by atoms with Crippen LogP contribution in [0.4, 0.5) is 5.69 Å². The van der Waals surface area contributed by atoms with Crippen molar-refractivity contribution in [3.63, 3.8) is 0 Å². The van der Waals surface area contributed by atoms with Gasteiger partial charge in [0.25, 0.3) is 15.9 Å². The second kappa shape index (κ2) is 8.68. The molecule has 1 atom stereocenters. The molecule has 3 rings (SSSR count). The van der Waals surface area contributed by atoms with Gasteiger partial charge in [-0.05, 0) is 55.0 Å². The molecule has 29 heavy (non-hydrogen) atoms. The standard InChI is InChI=1S/C22H21ClN2O3S/c1-16(17-7-4-3-5-8-17)24-22(26)18-9-6-10-20(15-18)25(2)29(27,28)21-13-11-19(23)12-14-21/h3-16H,1-2H3,(H,24,26)/t16-/m1/s1. The molecule has 0 aromatic heterocycles. The third-order valence-electron chi connectivity index (χ3n) is 4.59. The summed E-state index contributed by atoms with van der Waals surface area (Å²) in [5.74, 6) is -0.277. The van der Waals surface area contributed by atoms with Crippen LogP contribution in [0, 0.1) is 0 Å². The highest BCUT2D eigenvalue weighted by molar-refractivity contribution is 7.92. The summed E-state index contributed by atoms with van der Waals surface area (Å²) >= 11 is 5.85. The fourth-order valence-electron chi connectivity index (χ4n) is 2.85. The van der Waals surface area contributed by atoms with Crippen molar-refractivity contribution in [3.8, 4) is 0 Å². The van der Waals surface area contributed by atoms with Crippen molar-refractivity contribution in [2.24, 2.45) is 0 Å². The molecule has 0 radical (unpaired) electrons. The molecule has 0 saturated heterocycles. The monoisotopic (exact) mass is 428 g/mol. The van der Waals surface area contributed by atoms with Crippen molar-refractivity contribution < 1.29 is 13.2 Å². The lowest BCUT2D eigenvalue weighted by molar-refractivity contribution is 0.0940. The van der Waals surface area contributed by atoms with Crippen LogP contribution in [0.2, 0.25) is 5.02 Å². The highest BCUT2D eigenvalue weighted by Gasteiger charge is 2.22. The van der Waals surface area contributed by atoms with Crippen molar-refractivity contribution in [1.29, 1.82) is 0 Å². The van der Waals surface area contributed by atoms with Crippen LogP contribution in [-0.4, -0.2) is 21.4 Å². The fraction of sp³-hybridized carbons (Fsp3) is 0.136. The van der Waals surface area contributed by atoms with Crippen LogP contribution in [0.25, 0.3) is 0 Å². The molecule has 3 aromatic rings. The smallest absolute Gasteiger partial charge is 0.264 e. The van der Waals surface area contributed by atoms with Crippen molar-refractivity contribution in [2.45, 2.75) is 17.9 Å². The number of benzene rings is 3. The van der Waals surface area contributed by atoms with E-state index in [1.165, 1.54) is 31.3 Å². The van der Waals surface area contributed by atoms with E-state index < -0.39 is 10.0 Å². The number of carbonyl (C=O) groups excluding carboxylic acids is 1. The lowest BCUT2D eigenvalue weighted by atomic mass is 10.1. The van der Waals surface area contributed by atoms with Gasteiger partial charge in [-0.3, -0.25) is 9.10 Å². The maximum atomic E-state index is 12.9. The Bertz CT molecular complexity index is 1100. The first-order chi connectivity index (χ1) is 13.8. The number of hydrogen-bond acceptors (Lipinski definition) is 3. The van der Waals surface area contributed by atoms with Crippen LogP contribution in [0.5, 0.6) is 0 Å². The van der Waals surface area contributed by atoms with Gasteiger partial charge >= 0.3 is 0 Å². The lowest BCUT2D eigenvalue weighted by Gasteiger charge is -2.20. The van der Waals surface area contributed by atoms with Crippen molar-refractivity contribution >= 4 is 33.2 Å². The SMILES string of the molecule is C[C@@H](NC(=O)c1cccc(N(C)S(=O)(=O)c2ccc(Cl)cc2)c1)c1ccccc1. The Balaban J connectivity index is 1.81. The molecular weight excluding hydrogens is 408 g/mol. The topological polar surface area (TPSA) is 66.5 Å². The van der Waals surface area contributed by atoms with Gasteiger partial charge in [0.05, 0.1) is 16.6 Å². The molecule has 0 aliphatic rings. The largest absolute Gasteiger partial charge is 0.346 e. The van der Waals surface area contributed by atoms with Gasteiger partial charge < -0.3 is 5.32 Å². The maximum Gasteiger partial charge on any atom is 0.264 e. The third-order valence-corrected chi connectivity index (χ3v) is 6.64. The molecule has 1 N–H and O–H groups in total. The molecule has 0 bridgehead atoms. The maximum absolute atomic E-state index is 12.9. The van der Waals surface area contributed by atoms with E-state index in [-0.39, 0.29) is 16.8 Å². The minimum atomic E-state index is -3.77. The Labute approximate surface area is 176 Å². The Kier molecular flexibility index (Phi) is 6.25. The zero-order valence-corrected chi connectivity index (χ0v) is 17.6. The number of carbonyl (C=O) groups is 1. The number of sulfonamides is 1. The molecule has 0 saturated carbocycles. The Hall–Kier alpha value is -2.83. The molecule has 0 heterocycles. The first-order valence-corrected chi connectivity index (χ1v) is 10.8. The molecule has 5 nitrogen and oxygen atoms in total. The van der Waals surface area contributed by atoms with Crippen LogP contribution >= 0.6 is 11.6 Å². The van der Waals surface area contributed by atoms with Gasteiger partial charge in [0.2, 0.25) is 0 Å². The van der Waals surface area contributed by atoms with Crippen LogP contribution in [0.1, 0.15) is 28.9 Å². The van der Waals surface area contributed by atoms with Gasteiger partial charge in [-0.25, -0.2) is 8.42 Å². The molecule has 0 fully saturated rings. The zero-order chi connectivity index (χ0) is 21.0. The van der Waals surface area contributed by atoms with E-state index in [0.717, 1.165) is 9.87 Å². The number of nitrogens with one attached hydrogen (secondary N) is 1. The number of rotatable bonds is 6. The summed E-state index contributed by atoms with van der Waals surface area (Å²) in [6.07, 6.45) is 0. The second-order valence-electron chi connectivity index (χ2n) is 6.58. The van der Waals surface area contributed by atoms with Crippen molar-refractivity contribution in [2.75, 3.05) is 11.4 Å². The molecule has 150 valence electrons. The van der Waals surface area contributed by atoms with Gasteiger partial charge in [-0.1, -0.05) is 48.0 Å². The van der Waals surface area contributed by atoms with E-state index in [2.05, 4.69) is 5.32 Å². The molecular formula is C22H21ClN2O3S. The van der Waals surface area contributed by atoms with Gasteiger partial charge in [0.15, 0.2) is 0 Å². The Morgan fingerprint density at radius 3 is 2.28 bits per heavy atom. The van der Waals surface area contributed by atoms with Gasteiger partial charge in [0, 0.05) is 17.6 Å². The van der Waals surface area contributed by atoms with Crippen LogP contribution < -0.4 is 9.62 Å². The normalized spacial score (nSPS) is 12.2. The van der Waals surface area contributed by atoms with Gasteiger partial charge in [-0.2, -0.15) is 0 Å². The Morgan fingerprint density at radius 1 is 0.966 bits per heavy atom. The number of halogens is 1. The molecule has 0 aliphatic heterocycles. The predicted molar refractivity (Wildman–Crippen MR) is 116 cm³/mol. The van der Waals surface area contributed by atoms with Crippen LogP contribution in [-0.2, 0) is 10.0 Å². The number of anilines is 1. The highest BCUT2D eigenvalue weighted by Crippen LogP contribution is 2.24.